The molecular formula is C23H27N3O3. The van der Waals surface area contributed by atoms with E-state index in [0.717, 1.165) is 43.1 Å². The van der Waals surface area contributed by atoms with Crippen molar-refractivity contribution >= 4 is 17.5 Å². The van der Waals surface area contributed by atoms with E-state index in [4.69, 9.17) is 4.74 Å². The molecule has 0 saturated carbocycles. The van der Waals surface area contributed by atoms with Crippen molar-refractivity contribution in [3.05, 3.63) is 59.7 Å². The first-order valence-corrected chi connectivity index (χ1v) is 10.2. The number of amides is 2. The summed E-state index contributed by atoms with van der Waals surface area (Å²) in [5.74, 6) is 1.14. The van der Waals surface area contributed by atoms with Crippen LogP contribution in [0, 0.1) is 0 Å². The van der Waals surface area contributed by atoms with Crippen LogP contribution in [0.5, 0.6) is 5.75 Å². The van der Waals surface area contributed by atoms with Gasteiger partial charge >= 0.3 is 0 Å². The Morgan fingerprint density at radius 2 is 1.62 bits per heavy atom. The van der Waals surface area contributed by atoms with E-state index in [1.807, 2.05) is 46.2 Å². The van der Waals surface area contributed by atoms with Gasteiger partial charge in [0.05, 0.1) is 7.11 Å². The molecule has 2 aliphatic heterocycles. The van der Waals surface area contributed by atoms with E-state index in [1.54, 1.807) is 7.11 Å². The first-order chi connectivity index (χ1) is 14.1. The van der Waals surface area contributed by atoms with Gasteiger partial charge in [0.25, 0.3) is 5.91 Å². The van der Waals surface area contributed by atoms with E-state index < -0.39 is 0 Å². The van der Waals surface area contributed by atoms with Gasteiger partial charge in [-0.1, -0.05) is 12.1 Å². The Kier molecular flexibility index (Phi) is 5.69. The Hall–Kier alpha value is -3.02. The van der Waals surface area contributed by atoms with Gasteiger partial charge in [0.2, 0.25) is 5.91 Å². The lowest BCUT2D eigenvalue weighted by molar-refractivity contribution is -0.128. The van der Waals surface area contributed by atoms with Gasteiger partial charge in [0, 0.05) is 56.9 Å². The highest BCUT2D eigenvalue weighted by molar-refractivity contribution is 5.94. The number of likely N-dealkylation sites (tertiary alicyclic amines) is 1. The van der Waals surface area contributed by atoms with Crippen molar-refractivity contribution in [2.75, 3.05) is 44.7 Å². The largest absolute Gasteiger partial charge is 0.497 e. The molecule has 6 heteroatoms. The van der Waals surface area contributed by atoms with Crippen molar-refractivity contribution in [3.63, 3.8) is 0 Å². The molecule has 0 radical (unpaired) electrons. The third-order valence-electron chi connectivity index (χ3n) is 5.75. The SMILES string of the molecule is COc1ccc(N2CCN(C(=O)c3ccc(CN4CCCC4=O)cc3)CC2)cc1. The minimum Gasteiger partial charge on any atom is -0.497 e. The highest BCUT2D eigenvalue weighted by Gasteiger charge is 2.23. The summed E-state index contributed by atoms with van der Waals surface area (Å²) in [5.41, 5.74) is 2.93. The summed E-state index contributed by atoms with van der Waals surface area (Å²) in [6, 6.07) is 15.7. The van der Waals surface area contributed by atoms with Crippen LogP contribution in [-0.2, 0) is 11.3 Å². The van der Waals surface area contributed by atoms with Crippen LogP contribution in [-0.4, -0.2) is 61.4 Å². The van der Waals surface area contributed by atoms with Crippen molar-refractivity contribution in [1.29, 1.82) is 0 Å². The van der Waals surface area contributed by atoms with Crippen molar-refractivity contribution in [2.45, 2.75) is 19.4 Å². The van der Waals surface area contributed by atoms with E-state index in [1.165, 1.54) is 0 Å². The molecule has 2 aromatic rings. The van der Waals surface area contributed by atoms with Crippen molar-refractivity contribution in [3.8, 4) is 5.75 Å². The highest BCUT2D eigenvalue weighted by atomic mass is 16.5. The van der Waals surface area contributed by atoms with E-state index in [2.05, 4.69) is 17.0 Å². The Balaban J connectivity index is 1.32. The number of hydrogen-bond donors (Lipinski definition) is 0. The maximum absolute atomic E-state index is 12.9. The number of methoxy groups -OCH3 is 1. The normalized spacial score (nSPS) is 17.0. The molecule has 0 spiro atoms. The minimum absolute atomic E-state index is 0.0724. The molecule has 2 amide bonds. The van der Waals surface area contributed by atoms with Crippen molar-refractivity contribution < 1.29 is 14.3 Å². The minimum atomic E-state index is 0.0724. The van der Waals surface area contributed by atoms with Gasteiger partial charge in [-0.05, 0) is 48.4 Å². The molecule has 0 aromatic heterocycles. The molecule has 2 aliphatic rings. The van der Waals surface area contributed by atoms with Gasteiger partial charge in [0.1, 0.15) is 5.75 Å². The van der Waals surface area contributed by atoms with Crippen molar-refractivity contribution in [1.82, 2.24) is 9.80 Å². The fourth-order valence-electron chi connectivity index (χ4n) is 3.99. The molecular weight excluding hydrogens is 366 g/mol. The van der Waals surface area contributed by atoms with Gasteiger partial charge in [-0.25, -0.2) is 0 Å². The van der Waals surface area contributed by atoms with Crippen LogP contribution in [0.25, 0.3) is 0 Å². The number of nitrogens with zero attached hydrogens (tertiary/aromatic N) is 3. The summed E-state index contributed by atoms with van der Waals surface area (Å²) in [5, 5.41) is 0. The Labute approximate surface area is 171 Å². The Morgan fingerprint density at radius 3 is 2.21 bits per heavy atom. The van der Waals surface area contributed by atoms with E-state index >= 15 is 0 Å². The fraction of sp³-hybridized carbons (Fsp3) is 0.391. The first-order valence-electron chi connectivity index (χ1n) is 10.2. The third kappa shape index (κ3) is 4.36. The average molecular weight is 393 g/mol. The molecule has 152 valence electrons. The van der Waals surface area contributed by atoms with E-state index in [-0.39, 0.29) is 11.8 Å². The number of ether oxygens (including phenoxy) is 1. The quantitative estimate of drug-likeness (QED) is 0.784. The lowest BCUT2D eigenvalue weighted by Crippen LogP contribution is -2.48. The molecule has 2 aromatic carbocycles. The molecule has 0 aliphatic carbocycles. The van der Waals surface area contributed by atoms with Gasteiger partial charge in [-0.3, -0.25) is 9.59 Å². The topological polar surface area (TPSA) is 53.1 Å². The maximum atomic E-state index is 12.9. The van der Waals surface area contributed by atoms with Crippen LogP contribution < -0.4 is 9.64 Å². The van der Waals surface area contributed by atoms with Gasteiger partial charge < -0.3 is 19.4 Å². The lowest BCUT2D eigenvalue weighted by Gasteiger charge is -2.36. The zero-order valence-corrected chi connectivity index (χ0v) is 16.8. The Morgan fingerprint density at radius 1 is 0.931 bits per heavy atom. The maximum Gasteiger partial charge on any atom is 0.253 e. The zero-order valence-electron chi connectivity index (χ0n) is 16.8. The van der Waals surface area contributed by atoms with Crippen LogP contribution in [0.15, 0.2) is 48.5 Å². The van der Waals surface area contributed by atoms with Crippen LogP contribution in [0.3, 0.4) is 0 Å². The second-order valence-corrected chi connectivity index (χ2v) is 7.59. The van der Waals surface area contributed by atoms with Crippen LogP contribution >= 0.6 is 0 Å². The Bertz CT molecular complexity index is 856. The predicted molar refractivity (Wildman–Crippen MR) is 112 cm³/mol. The summed E-state index contributed by atoms with van der Waals surface area (Å²) < 4.78 is 5.21. The monoisotopic (exact) mass is 393 g/mol. The average Bonchev–Trinajstić information content (AvgIpc) is 3.18. The van der Waals surface area contributed by atoms with Crippen LogP contribution in [0.2, 0.25) is 0 Å². The number of benzene rings is 2. The highest BCUT2D eigenvalue weighted by Crippen LogP contribution is 2.21. The smallest absolute Gasteiger partial charge is 0.253 e. The molecule has 29 heavy (non-hydrogen) atoms. The molecule has 2 fully saturated rings. The number of piperazine rings is 1. The molecule has 2 heterocycles. The van der Waals surface area contributed by atoms with Gasteiger partial charge in [-0.15, -0.1) is 0 Å². The van der Waals surface area contributed by atoms with E-state index in [9.17, 15) is 9.59 Å². The van der Waals surface area contributed by atoms with Gasteiger partial charge in [0.15, 0.2) is 0 Å². The van der Waals surface area contributed by atoms with Crippen molar-refractivity contribution in [2.24, 2.45) is 0 Å². The summed E-state index contributed by atoms with van der Waals surface area (Å²) in [7, 11) is 1.66. The molecule has 0 unspecified atom stereocenters. The first kappa shape index (κ1) is 19.3. The number of rotatable bonds is 5. The van der Waals surface area contributed by atoms with Crippen LogP contribution in [0.4, 0.5) is 5.69 Å². The molecule has 0 atom stereocenters. The molecule has 0 bridgehead atoms. The molecule has 0 N–H and O–H groups in total. The summed E-state index contributed by atoms with van der Waals surface area (Å²) in [4.78, 5) is 30.7. The number of carbonyl (C=O) groups excluding carboxylic acids is 2. The second kappa shape index (κ2) is 8.55. The summed E-state index contributed by atoms with van der Waals surface area (Å²) >= 11 is 0. The number of anilines is 1. The molecule has 2 saturated heterocycles. The van der Waals surface area contributed by atoms with Crippen LogP contribution in [0.1, 0.15) is 28.8 Å². The molecule has 6 nitrogen and oxygen atoms in total. The van der Waals surface area contributed by atoms with E-state index in [0.29, 0.717) is 31.6 Å². The fourth-order valence-corrected chi connectivity index (χ4v) is 3.99. The van der Waals surface area contributed by atoms with Gasteiger partial charge in [-0.2, -0.15) is 0 Å². The second-order valence-electron chi connectivity index (χ2n) is 7.59. The molecule has 4 rings (SSSR count). The predicted octanol–water partition coefficient (Wildman–Crippen LogP) is 2.78. The number of carbonyl (C=O) groups is 2. The summed E-state index contributed by atoms with van der Waals surface area (Å²) in [6.45, 7) is 4.50. The lowest BCUT2D eigenvalue weighted by atomic mass is 10.1. The standard InChI is InChI=1S/C23H27N3O3/c1-29-21-10-8-20(9-11-21)24-13-15-25(16-14-24)23(28)19-6-4-18(5-7-19)17-26-12-2-3-22(26)27/h4-11H,2-3,12-17H2,1H3. The summed E-state index contributed by atoms with van der Waals surface area (Å²) in [6.07, 6.45) is 1.59. The third-order valence-corrected chi connectivity index (χ3v) is 5.75. The zero-order chi connectivity index (χ0) is 20.2. The number of hydrogen-bond acceptors (Lipinski definition) is 4.